The minimum atomic E-state index is -0.983. The minimum absolute atomic E-state index is 0.194. The van der Waals surface area contributed by atoms with Gasteiger partial charge in [0.25, 0.3) is 0 Å². The molecule has 0 rings (SSSR count). The van der Waals surface area contributed by atoms with E-state index in [1.165, 1.54) is 43.6 Å². The molecule has 0 aliphatic rings. The number of carboxylic acids is 1. The lowest BCUT2D eigenvalue weighted by Gasteiger charge is -2.33. The molecule has 0 bridgehead atoms. The second-order valence-electron chi connectivity index (χ2n) is 11.6. The number of thioether (sulfide) groups is 1. The first-order valence-electron chi connectivity index (χ1n) is 14.5. The van der Waals surface area contributed by atoms with E-state index >= 15 is 0 Å². The van der Waals surface area contributed by atoms with Gasteiger partial charge in [0.1, 0.15) is 18.2 Å². The molecule has 6 nitrogen and oxygen atoms in total. The minimum Gasteiger partial charge on any atom is -0.480 e. The quantitative estimate of drug-likeness (QED) is 0.114. The Bertz CT molecular complexity index is 599. The average molecular weight is 545 g/mol. The molecule has 37 heavy (non-hydrogen) atoms. The molecule has 218 valence electrons. The lowest BCUT2D eigenvalue weighted by Crippen LogP contribution is -2.27. The molecular formula is C30H56O6S. The monoisotopic (exact) mass is 544 g/mol. The van der Waals surface area contributed by atoms with Crippen molar-refractivity contribution in [2.75, 3.05) is 37.9 Å². The van der Waals surface area contributed by atoms with Gasteiger partial charge in [-0.3, -0.25) is 9.59 Å². The van der Waals surface area contributed by atoms with E-state index in [9.17, 15) is 14.4 Å². The van der Waals surface area contributed by atoms with Crippen molar-refractivity contribution in [2.45, 2.75) is 118 Å². The number of carboxylic acid groups (broad SMARTS) is 1. The van der Waals surface area contributed by atoms with Crippen molar-refractivity contribution in [3.8, 4) is 0 Å². The number of aliphatic carboxylic acids is 1. The van der Waals surface area contributed by atoms with E-state index in [-0.39, 0.29) is 18.6 Å². The van der Waals surface area contributed by atoms with E-state index in [1.54, 1.807) is 0 Å². The highest BCUT2D eigenvalue weighted by atomic mass is 32.2. The van der Waals surface area contributed by atoms with Crippen LogP contribution in [0.2, 0.25) is 0 Å². The summed E-state index contributed by atoms with van der Waals surface area (Å²) < 4.78 is 10.2. The van der Waals surface area contributed by atoms with Gasteiger partial charge in [-0.15, -0.1) is 0 Å². The van der Waals surface area contributed by atoms with Crippen molar-refractivity contribution in [3.05, 3.63) is 0 Å². The van der Waals surface area contributed by atoms with E-state index in [0.29, 0.717) is 55.9 Å². The summed E-state index contributed by atoms with van der Waals surface area (Å²) >= 11 is 2.02. The van der Waals surface area contributed by atoms with Crippen molar-refractivity contribution in [1.82, 2.24) is 0 Å². The molecule has 0 saturated carbocycles. The van der Waals surface area contributed by atoms with E-state index in [1.807, 2.05) is 11.8 Å². The first-order chi connectivity index (χ1) is 17.5. The molecule has 0 spiro atoms. The van der Waals surface area contributed by atoms with Crippen molar-refractivity contribution >= 4 is 29.3 Å². The Kier molecular flexibility index (Phi) is 22.4. The van der Waals surface area contributed by atoms with Crippen LogP contribution in [-0.4, -0.2) is 60.6 Å². The molecule has 0 saturated heterocycles. The standard InChI is InChI=1S/C30H56O6S/c1-25(2)28(30(3,4)5)23-27(32)16-10-7-6-8-12-21-37-22-13-9-11-15-26(31)17-14-18-35-19-20-36-24-29(33)34/h25,28H,6-24H2,1-5H3,(H,33,34). The zero-order valence-electron chi connectivity index (χ0n) is 24.5. The SMILES string of the molecule is CC(C)C(CC(=O)CCCCCCCSCCCCCC(=O)CCCOCCOCC(=O)O)C(C)(C)C. The topological polar surface area (TPSA) is 89.9 Å². The van der Waals surface area contributed by atoms with Gasteiger partial charge in [-0.05, 0) is 60.9 Å². The van der Waals surface area contributed by atoms with E-state index in [2.05, 4.69) is 34.6 Å². The van der Waals surface area contributed by atoms with Gasteiger partial charge in [-0.25, -0.2) is 4.79 Å². The summed E-state index contributed by atoms with van der Waals surface area (Å²) in [4.78, 5) is 34.6. The molecule has 1 N–H and O–H groups in total. The first-order valence-corrected chi connectivity index (χ1v) is 15.7. The fraction of sp³-hybridized carbons (Fsp3) is 0.900. The Hall–Kier alpha value is -0.920. The molecule has 0 radical (unpaired) electrons. The van der Waals surface area contributed by atoms with Crippen LogP contribution < -0.4 is 0 Å². The van der Waals surface area contributed by atoms with E-state index in [0.717, 1.165) is 32.1 Å². The Balaban J connectivity index is 3.42. The van der Waals surface area contributed by atoms with Crippen LogP contribution in [0.4, 0.5) is 0 Å². The van der Waals surface area contributed by atoms with Crippen LogP contribution >= 0.6 is 11.8 Å². The Labute approximate surface area is 231 Å². The van der Waals surface area contributed by atoms with Crippen LogP contribution in [0, 0.1) is 17.3 Å². The number of rotatable bonds is 26. The van der Waals surface area contributed by atoms with Gasteiger partial charge >= 0.3 is 5.97 Å². The molecule has 7 heteroatoms. The van der Waals surface area contributed by atoms with Gasteiger partial charge in [-0.2, -0.15) is 11.8 Å². The van der Waals surface area contributed by atoms with E-state index in [4.69, 9.17) is 14.6 Å². The molecule has 0 heterocycles. The summed E-state index contributed by atoms with van der Waals surface area (Å²) in [5.41, 5.74) is 0.194. The highest BCUT2D eigenvalue weighted by Gasteiger charge is 2.29. The van der Waals surface area contributed by atoms with Gasteiger partial charge in [-0.1, -0.05) is 60.3 Å². The third-order valence-electron chi connectivity index (χ3n) is 6.70. The summed E-state index contributed by atoms with van der Waals surface area (Å²) in [5, 5.41) is 8.44. The Morgan fingerprint density at radius 2 is 1.22 bits per heavy atom. The third-order valence-corrected chi connectivity index (χ3v) is 7.85. The number of Topliss-reactive ketones (excluding diaryl/α,β-unsaturated/α-hetero) is 2. The average Bonchev–Trinajstić information content (AvgIpc) is 2.81. The number of carbonyl (C=O) groups excluding carboxylic acids is 2. The molecule has 0 aromatic heterocycles. The molecule has 0 fully saturated rings. The van der Waals surface area contributed by atoms with Gasteiger partial charge in [0.15, 0.2) is 0 Å². The zero-order valence-corrected chi connectivity index (χ0v) is 25.3. The zero-order chi connectivity index (χ0) is 27.9. The summed E-state index contributed by atoms with van der Waals surface area (Å²) in [7, 11) is 0. The van der Waals surface area contributed by atoms with Crippen LogP contribution in [0.1, 0.15) is 118 Å². The van der Waals surface area contributed by atoms with Crippen LogP contribution in [0.15, 0.2) is 0 Å². The second kappa shape index (κ2) is 23.0. The molecule has 0 aliphatic heterocycles. The van der Waals surface area contributed by atoms with Crippen molar-refractivity contribution in [1.29, 1.82) is 0 Å². The van der Waals surface area contributed by atoms with Crippen LogP contribution in [0.25, 0.3) is 0 Å². The maximum atomic E-state index is 12.4. The van der Waals surface area contributed by atoms with Crippen molar-refractivity contribution in [2.24, 2.45) is 17.3 Å². The predicted molar refractivity (Wildman–Crippen MR) is 154 cm³/mol. The summed E-state index contributed by atoms with van der Waals surface area (Å²) in [6.07, 6.45) is 12.6. The number of unbranched alkanes of at least 4 members (excludes halogenated alkanes) is 6. The number of ether oxygens (including phenoxy) is 2. The van der Waals surface area contributed by atoms with Crippen LogP contribution in [0.3, 0.4) is 0 Å². The molecule has 1 atom stereocenters. The number of ketones is 2. The first kappa shape index (κ1) is 36.1. The highest BCUT2D eigenvalue weighted by molar-refractivity contribution is 7.99. The molecular weight excluding hydrogens is 488 g/mol. The smallest absolute Gasteiger partial charge is 0.329 e. The highest BCUT2D eigenvalue weighted by Crippen LogP contribution is 2.35. The molecule has 0 amide bonds. The lowest BCUT2D eigenvalue weighted by atomic mass is 9.71. The van der Waals surface area contributed by atoms with Crippen molar-refractivity contribution in [3.63, 3.8) is 0 Å². The largest absolute Gasteiger partial charge is 0.480 e. The molecule has 0 aromatic carbocycles. The normalized spacial score (nSPS) is 12.7. The summed E-state index contributed by atoms with van der Waals surface area (Å²) in [6.45, 7) is 12.0. The number of hydrogen-bond acceptors (Lipinski definition) is 6. The fourth-order valence-corrected chi connectivity index (χ4v) is 5.65. The van der Waals surface area contributed by atoms with Gasteiger partial charge in [0.05, 0.1) is 13.2 Å². The van der Waals surface area contributed by atoms with E-state index < -0.39 is 5.97 Å². The van der Waals surface area contributed by atoms with Gasteiger partial charge in [0, 0.05) is 32.3 Å². The molecule has 1 unspecified atom stereocenters. The lowest BCUT2D eigenvalue weighted by molar-refractivity contribution is -0.142. The maximum absolute atomic E-state index is 12.4. The van der Waals surface area contributed by atoms with Crippen LogP contribution in [0.5, 0.6) is 0 Å². The number of hydrogen-bond donors (Lipinski definition) is 1. The third kappa shape index (κ3) is 23.9. The van der Waals surface area contributed by atoms with Gasteiger partial charge < -0.3 is 14.6 Å². The van der Waals surface area contributed by atoms with Crippen LogP contribution in [-0.2, 0) is 23.9 Å². The predicted octanol–water partition coefficient (Wildman–Crippen LogP) is 7.37. The van der Waals surface area contributed by atoms with Gasteiger partial charge in [0.2, 0.25) is 0 Å². The summed E-state index contributed by atoms with van der Waals surface area (Å²) in [6, 6.07) is 0. The second-order valence-corrected chi connectivity index (χ2v) is 12.8. The Morgan fingerprint density at radius 3 is 1.81 bits per heavy atom. The molecule has 0 aliphatic carbocycles. The van der Waals surface area contributed by atoms with Crippen molar-refractivity contribution < 1.29 is 29.0 Å². The summed E-state index contributed by atoms with van der Waals surface area (Å²) in [5.74, 6) is 3.15. The maximum Gasteiger partial charge on any atom is 0.329 e. The Morgan fingerprint density at radius 1 is 0.703 bits per heavy atom. The fourth-order valence-electron chi connectivity index (χ4n) is 4.63. The number of carbonyl (C=O) groups is 3. The molecule has 0 aromatic rings.